The fraction of sp³-hybridized carbons (Fsp3) is 0.529. The number of hydrogen-bond acceptors (Lipinski definition) is 6. The summed E-state index contributed by atoms with van der Waals surface area (Å²) in [4.78, 5) is 36.8. The summed E-state index contributed by atoms with van der Waals surface area (Å²) >= 11 is 0. The average molecular weight is 365 g/mol. The van der Waals surface area contributed by atoms with Gasteiger partial charge in [0.1, 0.15) is 5.69 Å². The molecule has 0 saturated carbocycles. The molecule has 1 aliphatic rings. The van der Waals surface area contributed by atoms with Gasteiger partial charge in [-0.1, -0.05) is 13.0 Å². The van der Waals surface area contributed by atoms with E-state index in [9.17, 15) is 19.7 Å². The first-order valence-electron chi connectivity index (χ1n) is 8.45. The molecule has 142 valence electrons. The minimum absolute atomic E-state index is 0.0328. The van der Waals surface area contributed by atoms with Gasteiger partial charge in [0.25, 0.3) is 5.69 Å². The van der Waals surface area contributed by atoms with E-state index in [1.54, 1.807) is 12.1 Å². The predicted octanol–water partition coefficient (Wildman–Crippen LogP) is 2.45. The molecule has 0 bridgehead atoms. The SMILES string of the molecule is CCC(CC(=O)OC)c1ccc(N2CCN(C(=O)O)CC2)c([N+](=O)[O-])c1. The van der Waals surface area contributed by atoms with Gasteiger partial charge in [0, 0.05) is 32.2 Å². The third kappa shape index (κ3) is 4.41. The molecule has 0 spiro atoms. The van der Waals surface area contributed by atoms with Gasteiger partial charge >= 0.3 is 12.1 Å². The van der Waals surface area contributed by atoms with Gasteiger partial charge < -0.3 is 19.6 Å². The van der Waals surface area contributed by atoms with Crippen LogP contribution in [0, 0.1) is 10.1 Å². The maximum atomic E-state index is 11.6. The van der Waals surface area contributed by atoms with Crippen LogP contribution >= 0.6 is 0 Å². The number of carbonyl (C=O) groups excluding carboxylic acids is 1. The fourth-order valence-electron chi connectivity index (χ4n) is 3.13. The van der Waals surface area contributed by atoms with E-state index in [1.807, 2.05) is 11.8 Å². The van der Waals surface area contributed by atoms with E-state index in [1.165, 1.54) is 18.1 Å². The number of nitrogens with zero attached hydrogens (tertiary/aromatic N) is 3. The topological polar surface area (TPSA) is 113 Å². The van der Waals surface area contributed by atoms with Gasteiger partial charge in [-0.2, -0.15) is 0 Å². The van der Waals surface area contributed by atoms with Gasteiger partial charge in [-0.3, -0.25) is 14.9 Å². The highest BCUT2D eigenvalue weighted by molar-refractivity contribution is 5.71. The summed E-state index contributed by atoms with van der Waals surface area (Å²) in [6.45, 7) is 3.30. The Balaban J connectivity index is 2.25. The number of rotatable bonds is 6. The Morgan fingerprint density at radius 3 is 2.46 bits per heavy atom. The number of benzene rings is 1. The van der Waals surface area contributed by atoms with Crippen LogP contribution in [0.15, 0.2) is 18.2 Å². The molecule has 1 unspecified atom stereocenters. The molecule has 1 aromatic carbocycles. The largest absolute Gasteiger partial charge is 0.469 e. The first kappa shape index (κ1) is 19.5. The Kier molecular flexibility index (Phi) is 6.37. The van der Waals surface area contributed by atoms with Crippen molar-refractivity contribution in [1.82, 2.24) is 4.90 Å². The van der Waals surface area contributed by atoms with Gasteiger partial charge in [-0.05, 0) is 24.0 Å². The van der Waals surface area contributed by atoms with Crippen LogP contribution in [0.1, 0.15) is 31.2 Å². The lowest BCUT2D eigenvalue weighted by Crippen LogP contribution is -2.48. The standard InChI is InChI=1S/C17H23N3O6/c1-3-12(11-16(21)26-2)13-4-5-14(15(10-13)20(24)25)18-6-8-19(9-7-18)17(22)23/h4-5,10,12H,3,6-9,11H2,1-2H3,(H,22,23). The van der Waals surface area contributed by atoms with Crippen molar-refractivity contribution >= 4 is 23.4 Å². The molecule has 26 heavy (non-hydrogen) atoms. The zero-order chi connectivity index (χ0) is 19.3. The fourth-order valence-corrected chi connectivity index (χ4v) is 3.13. The minimum atomic E-state index is -0.983. The van der Waals surface area contributed by atoms with Gasteiger partial charge in [0.2, 0.25) is 0 Å². The minimum Gasteiger partial charge on any atom is -0.469 e. The second kappa shape index (κ2) is 8.50. The average Bonchev–Trinajstić information content (AvgIpc) is 2.65. The molecule has 9 nitrogen and oxygen atoms in total. The number of esters is 1. The highest BCUT2D eigenvalue weighted by Gasteiger charge is 2.27. The maximum Gasteiger partial charge on any atom is 0.407 e. The molecular formula is C17H23N3O6. The van der Waals surface area contributed by atoms with Crippen LogP contribution in [-0.4, -0.2) is 60.3 Å². The van der Waals surface area contributed by atoms with Crippen molar-refractivity contribution < 1.29 is 24.4 Å². The van der Waals surface area contributed by atoms with Crippen molar-refractivity contribution in [2.75, 3.05) is 38.2 Å². The van der Waals surface area contributed by atoms with E-state index in [-0.39, 0.29) is 24.0 Å². The third-order valence-corrected chi connectivity index (χ3v) is 4.69. The summed E-state index contributed by atoms with van der Waals surface area (Å²) < 4.78 is 4.70. The molecule has 1 atom stereocenters. The molecule has 1 N–H and O–H groups in total. The number of carboxylic acid groups (broad SMARTS) is 1. The van der Waals surface area contributed by atoms with Crippen LogP contribution in [0.2, 0.25) is 0 Å². The molecule has 0 aromatic heterocycles. The number of nitro benzene ring substituents is 1. The van der Waals surface area contributed by atoms with Crippen molar-refractivity contribution in [2.45, 2.75) is 25.7 Å². The van der Waals surface area contributed by atoms with E-state index >= 15 is 0 Å². The van der Waals surface area contributed by atoms with Crippen molar-refractivity contribution in [2.24, 2.45) is 0 Å². The number of piperazine rings is 1. The number of methoxy groups -OCH3 is 1. The lowest BCUT2D eigenvalue weighted by molar-refractivity contribution is -0.384. The number of nitro groups is 1. The second-order valence-corrected chi connectivity index (χ2v) is 6.15. The summed E-state index contributed by atoms with van der Waals surface area (Å²) in [5.74, 6) is -0.507. The van der Waals surface area contributed by atoms with Crippen molar-refractivity contribution in [1.29, 1.82) is 0 Å². The Hall–Kier alpha value is -2.84. The van der Waals surface area contributed by atoms with E-state index in [2.05, 4.69) is 0 Å². The highest BCUT2D eigenvalue weighted by Crippen LogP contribution is 2.34. The second-order valence-electron chi connectivity index (χ2n) is 6.15. The third-order valence-electron chi connectivity index (χ3n) is 4.69. The molecule has 1 heterocycles. The van der Waals surface area contributed by atoms with Crippen LogP contribution in [0.25, 0.3) is 0 Å². The van der Waals surface area contributed by atoms with Crippen molar-refractivity contribution in [3.63, 3.8) is 0 Å². The van der Waals surface area contributed by atoms with Crippen LogP contribution in [0.3, 0.4) is 0 Å². The number of carbonyl (C=O) groups is 2. The molecule has 1 aromatic rings. The lowest BCUT2D eigenvalue weighted by Gasteiger charge is -2.34. The smallest absolute Gasteiger partial charge is 0.407 e. The zero-order valence-electron chi connectivity index (χ0n) is 14.9. The summed E-state index contributed by atoms with van der Waals surface area (Å²) in [5.41, 5.74) is 1.16. The van der Waals surface area contributed by atoms with Crippen molar-refractivity contribution in [3.05, 3.63) is 33.9 Å². The molecular weight excluding hydrogens is 342 g/mol. The van der Waals surface area contributed by atoms with E-state index in [4.69, 9.17) is 9.84 Å². The number of amides is 1. The monoisotopic (exact) mass is 365 g/mol. The Morgan fingerprint density at radius 1 is 1.31 bits per heavy atom. The molecule has 1 saturated heterocycles. The van der Waals surface area contributed by atoms with E-state index in [0.717, 1.165) is 5.56 Å². The Bertz CT molecular complexity index is 685. The summed E-state index contributed by atoms with van der Waals surface area (Å²) in [7, 11) is 1.32. The molecule has 1 fully saturated rings. The maximum absolute atomic E-state index is 11.6. The van der Waals surface area contributed by atoms with Crippen molar-refractivity contribution in [3.8, 4) is 0 Å². The van der Waals surface area contributed by atoms with Crippen LogP contribution in [0.5, 0.6) is 0 Å². The first-order valence-corrected chi connectivity index (χ1v) is 8.45. The molecule has 1 aliphatic heterocycles. The lowest BCUT2D eigenvalue weighted by atomic mass is 9.92. The van der Waals surface area contributed by atoms with E-state index in [0.29, 0.717) is 38.3 Å². The summed E-state index contributed by atoms with van der Waals surface area (Å²) in [5, 5.41) is 20.6. The van der Waals surface area contributed by atoms with Gasteiger partial charge in [0.05, 0.1) is 18.5 Å². The van der Waals surface area contributed by atoms with Gasteiger partial charge in [-0.25, -0.2) is 4.79 Å². The normalized spacial score (nSPS) is 15.5. The summed E-state index contributed by atoms with van der Waals surface area (Å²) in [6.07, 6.45) is -0.160. The van der Waals surface area contributed by atoms with Crippen LogP contribution in [-0.2, 0) is 9.53 Å². The number of hydrogen-bond donors (Lipinski definition) is 1. The molecule has 9 heteroatoms. The van der Waals surface area contributed by atoms with Crippen LogP contribution in [0.4, 0.5) is 16.2 Å². The molecule has 2 rings (SSSR count). The predicted molar refractivity (Wildman–Crippen MR) is 94.6 cm³/mol. The van der Waals surface area contributed by atoms with Crippen LogP contribution < -0.4 is 4.90 Å². The highest BCUT2D eigenvalue weighted by atomic mass is 16.6. The Morgan fingerprint density at radius 2 is 1.96 bits per heavy atom. The zero-order valence-corrected chi connectivity index (χ0v) is 14.9. The summed E-state index contributed by atoms with van der Waals surface area (Å²) in [6, 6.07) is 4.99. The molecule has 0 aliphatic carbocycles. The number of anilines is 1. The quantitative estimate of drug-likeness (QED) is 0.468. The molecule has 1 amide bonds. The Labute approximate surface area is 151 Å². The first-order chi connectivity index (χ1) is 12.4. The molecule has 0 radical (unpaired) electrons. The van der Waals surface area contributed by atoms with Gasteiger partial charge in [-0.15, -0.1) is 0 Å². The van der Waals surface area contributed by atoms with Gasteiger partial charge in [0.15, 0.2) is 0 Å². The van der Waals surface area contributed by atoms with E-state index < -0.39 is 11.0 Å². The number of ether oxygens (including phenoxy) is 1.